The summed E-state index contributed by atoms with van der Waals surface area (Å²) in [5.41, 5.74) is 3.03. The Kier molecular flexibility index (Phi) is 4.26. The fourth-order valence-corrected chi connectivity index (χ4v) is 2.20. The number of carbonyl (C=O) groups excluding carboxylic acids is 1. The normalized spacial score (nSPS) is 14.5. The molecule has 114 valence electrons. The predicted molar refractivity (Wildman–Crippen MR) is 83.5 cm³/mol. The summed E-state index contributed by atoms with van der Waals surface area (Å²) in [5.74, 6) is 0.852. The molecule has 0 saturated carbocycles. The van der Waals surface area contributed by atoms with E-state index in [0.29, 0.717) is 13.1 Å². The molecule has 4 nitrogen and oxygen atoms in total. The number of likely N-dealkylation sites (tertiary alicyclic amines) is 1. The maximum atomic E-state index is 11.8. The number of amides is 1. The van der Waals surface area contributed by atoms with Crippen molar-refractivity contribution in [3.05, 3.63) is 34.9 Å². The van der Waals surface area contributed by atoms with Crippen LogP contribution in [0.4, 0.5) is 4.79 Å². The summed E-state index contributed by atoms with van der Waals surface area (Å²) >= 11 is 0. The van der Waals surface area contributed by atoms with Crippen LogP contribution in [0, 0.1) is 6.92 Å². The Hall–Kier alpha value is -1.97. The highest BCUT2D eigenvalue weighted by atomic mass is 16.6. The molecule has 0 atom stereocenters. The Bertz CT molecular complexity index is 562. The van der Waals surface area contributed by atoms with E-state index in [1.165, 1.54) is 5.57 Å². The Balaban J connectivity index is 1.98. The van der Waals surface area contributed by atoms with Crippen LogP contribution >= 0.6 is 0 Å². The van der Waals surface area contributed by atoms with Gasteiger partial charge in [-0.1, -0.05) is 12.1 Å². The molecule has 0 unspecified atom stereocenters. The van der Waals surface area contributed by atoms with Crippen molar-refractivity contribution in [3.63, 3.8) is 0 Å². The van der Waals surface area contributed by atoms with Crippen molar-refractivity contribution in [1.29, 1.82) is 0 Å². The number of nitrogens with zero attached hydrogens (tertiary/aromatic N) is 1. The summed E-state index contributed by atoms with van der Waals surface area (Å²) in [7, 11) is 1.67. The third-order valence-electron chi connectivity index (χ3n) is 3.12. The largest absolute Gasteiger partial charge is 0.497 e. The maximum Gasteiger partial charge on any atom is 0.410 e. The van der Waals surface area contributed by atoms with E-state index in [-0.39, 0.29) is 6.09 Å². The van der Waals surface area contributed by atoms with E-state index in [1.54, 1.807) is 12.0 Å². The number of rotatable bonds is 2. The van der Waals surface area contributed by atoms with Crippen LogP contribution in [0.5, 0.6) is 5.75 Å². The summed E-state index contributed by atoms with van der Waals surface area (Å²) < 4.78 is 10.6. The van der Waals surface area contributed by atoms with Crippen LogP contribution < -0.4 is 4.74 Å². The Morgan fingerprint density at radius 1 is 1.24 bits per heavy atom. The van der Waals surface area contributed by atoms with Gasteiger partial charge in [0.25, 0.3) is 0 Å². The fourth-order valence-electron chi connectivity index (χ4n) is 2.20. The minimum Gasteiger partial charge on any atom is -0.497 e. The molecule has 21 heavy (non-hydrogen) atoms. The summed E-state index contributed by atoms with van der Waals surface area (Å²) in [6.45, 7) is 8.93. The van der Waals surface area contributed by atoms with Crippen molar-refractivity contribution < 1.29 is 14.3 Å². The summed E-state index contributed by atoms with van der Waals surface area (Å²) in [4.78, 5) is 13.5. The first-order chi connectivity index (χ1) is 9.76. The zero-order chi connectivity index (χ0) is 15.6. The molecule has 1 aliphatic rings. The molecule has 2 rings (SSSR count). The highest BCUT2D eigenvalue weighted by Crippen LogP contribution is 2.23. The van der Waals surface area contributed by atoms with Gasteiger partial charge >= 0.3 is 6.09 Å². The first-order valence-electron chi connectivity index (χ1n) is 7.10. The summed E-state index contributed by atoms with van der Waals surface area (Å²) in [6, 6.07) is 6.09. The molecular formula is C17H23NO3. The molecule has 1 fully saturated rings. The molecule has 0 spiro atoms. The average molecular weight is 289 g/mol. The quantitative estimate of drug-likeness (QED) is 0.834. The maximum absolute atomic E-state index is 11.8. The average Bonchev–Trinajstić information content (AvgIpc) is 2.30. The van der Waals surface area contributed by atoms with E-state index in [0.717, 1.165) is 16.9 Å². The molecule has 0 aromatic heterocycles. The second-order valence-electron chi connectivity index (χ2n) is 6.42. The minimum atomic E-state index is -0.444. The highest BCUT2D eigenvalue weighted by molar-refractivity contribution is 5.72. The number of methoxy groups -OCH3 is 1. The van der Waals surface area contributed by atoms with Crippen LogP contribution in [-0.2, 0) is 4.74 Å². The smallest absolute Gasteiger partial charge is 0.410 e. The number of hydrogen-bond acceptors (Lipinski definition) is 3. The summed E-state index contributed by atoms with van der Waals surface area (Å²) in [5, 5.41) is 0. The van der Waals surface area contributed by atoms with E-state index in [9.17, 15) is 4.79 Å². The van der Waals surface area contributed by atoms with E-state index in [1.807, 2.05) is 39.8 Å². The van der Waals surface area contributed by atoms with Crippen LogP contribution in [0.25, 0.3) is 6.08 Å². The Morgan fingerprint density at radius 2 is 1.90 bits per heavy atom. The van der Waals surface area contributed by atoms with Crippen LogP contribution in [0.15, 0.2) is 23.8 Å². The summed E-state index contributed by atoms with van der Waals surface area (Å²) in [6.07, 6.45) is 1.86. The fraction of sp³-hybridized carbons (Fsp3) is 0.471. The molecule has 0 radical (unpaired) electrons. The van der Waals surface area contributed by atoms with Crippen molar-refractivity contribution in [2.45, 2.75) is 33.3 Å². The lowest BCUT2D eigenvalue weighted by molar-refractivity contribution is 0.0216. The lowest BCUT2D eigenvalue weighted by atomic mass is 10.0. The SMILES string of the molecule is COc1cc(C)cc(C=C2CN(C(=O)OC(C)(C)C)C2)c1. The van der Waals surface area contributed by atoms with Crippen molar-refractivity contribution in [1.82, 2.24) is 4.90 Å². The molecule has 0 N–H and O–H groups in total. The topological polar surface area (TPSA) is 38.8 Å². The third-order valence-corrected chi connectivity index (χ3v) is 3.12. The molecule has 0 aliphatic carbocycles. The molecule has 1 aromatic carbocycles. The molecule has 0 bridgehead atoms. The Morgan fingerprint density at radius 3 is 2.48 bits per heavy atom. The number of benzene rings is 1. The number of carbonyl (C=O) groups is 1. The standard InChI is InChI=1S/C17H23NO3/c1-12-6-13(9-15(7-12)20-5)8-14-10-18(11-14)16(19)21-17(2,3)4/h6-9H,10-11H2,1-5H3. The van der Waals surface area contributed by atoms with Gasteiger partial charge in [0.1, 0.15) is 11.4 Å². The number of ether oxygens (including phenoxy) is 2. The predicted octanol–water partition coefficient (Wildman–Crippen LogP) is 3.64. The van der Waals surface area contributed by atoms with Gasteiger partial charge in [-0.2, -0.15) is 0 Å². The number of hydrogen-bond donors (Lipinski definition) is 0. The van der Waals surface area contributed by atoms with Gasteiger partial charge in [-0.3, -0.25) is 0 Å². The van der Waals surface area contributed by atoms with Crippen molar-refractivity contribution in [2.75, 3.05) is 20.2 Å². The van der Waals surface area contributed by atoms with Gasteiger partial charge in [0.2, 0.25) is 0 Å². The Labute approximate surface area is 126 Å². The molecule has 1 heterocycles. The van der Waals surface area contributed by atoms with Gasteiger partial charge in [0.05, 0.1) is 7.11 Å². The molecular weight excluding hydrogens is 266 g/mol. The van der Waals surface area contributed by atoms with Gasteiger partial charge in [-0.05, 0) is 56.5 Å². The zero-order valence-electron chi connectivity index (χ0n) is 13.4. The molecule has 1 aliphatic heterocycles. The molecule has 1 amide bonds. The molecule has 1 aromatic rings. The third kappa shape index (κ3) is 4.25. The highest BCUT2D eigenvalue weighted by Gasteiger charge is 2.29. The molecule has 1 saturated heterocycles. The lowest BCUT2D eigenvalue weighted by Crippen LogP contribution is -2.46. The van der Waals surface area contributed by atoms with E-state index < -0.39 is 5.60 Å². The van der Waals surface area contributed by atoms with Crippen LogP contribution in [0.1, 0.15) is 31.9 Å². The van der Waals surface area contributed by atoms with Crippen LogP contribution in [0.3, 0.4) is 0 Å². The van der Waals surface area contributed by atoms with Gasteiger partial charge < -0.3 is 14.4 Å². The second kappa shape index (κ2) is 5.80. The first kappa shape index (κ1) is 15.4. The van der Waals surface area contributed by atoms with Gasteiger partial charge in [0, 0.05) is 13.1 Å². The van der Waals surface area contributed by atoms with E-state index >= 15 is 0 Å². The number of aryl methyl sites for hydroxylation is 1. The second-order valence-corrected chi connectivity index (χ2v) is 6.42. The zero-order valence-corrected chi connectivity index (χ0v) is 13.4. The minimum absolute atomic E-state index is 0.249. The van der Waals surface area contributed by atoms with E-state index in [4.69, 9.17) is 9.47 Å². The van der Waals surface area contributed by atoms with E-state index in [2.05, 4.69) is 12.1 Å². The van der Waals surface area contributed by atoms with Crippen LogP contribution in [0.2, 0.25) is 0 Å². The van der Waals surface area contributed by atoms with Crippen LogP contribution in [-0.4, -0.2) is 36.8 Å². The monoisotopic (exact) mass is 289 g/mol. The van der Waals surface area contributed by atoms with Gasteiger partial charge in [0.15, 0.2) is 0 Å². The van der Waals surface area contributed by atoms with Crippen molar-refractivity contribution >= 4 is 12.2 Å². The first-order valence-corrected chi connectivity index (χ1v) is 7.10. The lowest BCUT2D eigenvalue weighted by Gasteiger charge is -2.35. The molecule has 4 heteroatoms. The van der Waals surface area contributed by atoms with Crippen molar-refractivity contribution in [2.24, 2.45) is 0 Å². The van der Waals surface area contributed by atoms with Crippen molar-refractivity contribution in [3.8, 4) is 5.75 Å². The van der Waals surface area contributed by atoms with Gasteiger partial charge in [-0.25, -0.2) is 4.79 Å². The van der Waals surface area contributed by atoms with Gasteiger partial charge in [-0.15, -0.1) is 0 Å².